The third-order valence-electron chi connectivity index (χ3n) is 2.89. The van der Waals surface area contributed by atoms with E-state index in [1.807, 2.05) is 30.3 Å². The Hall–Kier alpha value is -1.76. The van der Waals surface area contributed by atoms with Crippen LogP contribution < -0.4 is 4.74 Å². The van der Waals surface area contributed by atoms with Crippen molar-refractivity contribution < 1.29 is 4.74 Å². The molecule has 0 amide bonds. The summed E-state index contributed by atoms with van der Waals surface area (Å²) < 4.78 is 5.75. The molecule has 1 heteroatoms. The van der Waals surface area contributed by atoms with Crippen molar-refractivity contribution in [1.82, 2.24) is 0 Å². The van der Waals surface area contributed by atoms with E-state index in [9.17, 15) is 0 Å². The van der Waals surface area contributed by atoms with Gasteiger partial charge in [0.2, 0.25) is 0 Å². The largest absolute Gasteiger partial charge is 0.493 e. The van der Waals surface area contributed by atoms with Crippen LogP contribution in [-0.4, -0.2) is 6.61 Å². The Labute approximate surface area is 103 Å². The van der Waals surface area contributed by atoms with Crippen molar-refractivity contribution in [3.8, 4) is 5.75 Å². The van der Waals surface area contributed by atoms with Gasteiger partial charge in [-0.25, -0.2) is 0 Å². The van der Waals surface area contributed by atoms with E-state index >= 15 is 0 Å². The summed E-state index contributed by atoms with van der Waals surface area (Å²) in [6.45, 7) is 5.01. The molecule has 1 nitrogen and oxygen atoms in total. The van der Waals surface area contributed by atoms with E-state index in [1.165, 1.54) is 11.1 Å². The predicted octanol–water partition coefficient (Wildman–Crippen LogP) is 4.18. The Bertz CT molecular complexity index is 445. The zero-order chi connectivity index (χ0) is 12.1. The van der Waals surface area contributed by atoms with E-state index in [0.29, 0.717) is 12.5 Å². The molecule has 0 aliphatic rings. The molecule has 0 N–H and O–H groups in total. The molecular weight excluding hydrogens is 208 g/mol. The molecule has 0 aliphatic heterocycles. The molecule has 0 fully saturated rings. The van der Waals surface area contributed by atoms with Crippen molar-refractivity contribution in [1.29, 1.82) is 0 Å². The fraction of sp³-hybridized carbons (Fsp3) is 0.250. The molecule has 0 aliphatic carbocycles. The third kappa shape index (κ3) is 3.35. The summed E-state index contributed by atoms with van der Waals surface area (Å²) in [5.74, 6) is 1.35. The standard InChI is InChI=1S/C16H18O/c1-13-8-10-15(11-9-13)14(2)12-17-16-6-4-3-5-7-16/h3-11,14H,12H2,1-2H3. The monoisotopic (exact) mass is 226 g/mol. The molecule has 2 rings (SSSR count). The van der Waals surface area contributed by atoms with Gasteiger partial charge in [0.1, 0.15) is 5.75 Å². The molecule has 0 radical (unpaired) electrons. The number of ether oxygens (including phenoxy) is 1. The number of para-hydroxylation sites is 1. The maximum atomic E-state index is 5.75. The van der Waals surface area contributed by atoms with E-state index in [2.05, 4.69) is 38.1 Å². The van der Waals surface area contributed by atoms with Crippen LogP contribution in [0.5, 0.6) is 5.75 Å². The number of hydrogen-bond acceptors (Lipinski definition) is 1. The van der Waals surface area contributed by atoms with E-state index in [0.717, 1.165) is 5.75 Å². The van der Waals surface area contributed by atoms with Gasteiger partial charge in [-0.15, -0.1) is 0 Å². The van der Waals surface area contributed by atoms with Gasteiger partial charge in [-0.05, 0) is 24.6 Å². The first kappa shape index (κ1) is 11.7. The summed E-state index contributed by atoms with van der Waals surface area (Å²) in [6.07, 6.45) is 0. The third-order valence-corrected chi connectivity index (χ3v) is 2.89. The lowest BCUT2D eigenvalue weighted by Gasteiger charge is -2.13. The average Bonchev–Trinajstić information content (AvgIpc) is 2.38. The van der Waals surface area contributed by atoms with Crippen LogP contribution in [0.2, 0.25) is 0 Å². The van der Waals surface area contributed by atoms with Crippen LogP contribution >= 0.6 is 0 Å². The molecule has 2 aromatic carbocycles. The van der Waals surface area contributed by atoms with Crippen molar-refractivity contribution in [2.24, 2.45) is 0 Å². The highest BCUT2D eigenvalue weighted by molar-refractivity contribution is 5.25. The van der Waals surface area contributed by atoms with Crippen molar-refractivity contribution in [3.05, 3.63) is 65.7 Å². The number of hydrogen-bond donors (Lipinski definition) is 0. The van der Waals surface area contributed by atoms with Gasteiger partial charge < -0.3 is 4.74 Å². The lowest BCUT2D eigenvalue weighted by atomic mass is 10.0. The quantitative estimate of drug-likeness (QED) is 0.760. The molecule has 0 bridgehead atoms. The highest BCUT2D eigenvalue weighted by Gasteiger charge is 2.05. The molecule has 0 heterocycles. The van der Waals surface area contributed by atoms with Crippen LogP contribution in [0.3, 0.4) is 0 Å². The first-order valence-electron chi connectivity index (χ1n) is 6.00. The second-order valence-corrected chi connectivity index (χ2v) is 4.44. The Kier molecular flexibility index (Phi) is 3.81. The topological polar surface area (TPSA) is 9.23 Å². The van der Waals surface area contributed by atoms with Crippen LogP contribution in [0.1, 0.15) is 24.0 Å². The number of rotatable bonds is 4. The first-order valence-corrected chi connectivity index (χ1v) is 6.00. The summed E-state index contributed by atoms with van der Waals surface area (Å²) in [5, 5.41) is 0. The van der Waals surface area contributed by atoms with E-state index in [-0.39, 0.29) is 0 Å². The lowest BCUT2D eigenvalue weighted by molar-refractivity contribution is 0.296. The molecule has 0 aromatic heterocycles. The highest BCUT2D eigenvalue weighted by Crippen LogP contribution is 2.18. The van der Waals surface area contributed by atoms with Gasteiger partial charge in [-0.3, -0.25) is 0 Å². The van der Waals surface area contributed by atoms with Crippen LogP contribution in [-0.2, 0) is 0 Å². The predicted molar refractivity (Wildman–Crippen MR) is 71.5 cm³/mol. The second-order valence-electron chi connectivity index (χ2n) is 4.44. The highest BCUT2D eigenvalue weighted by atomic mass is 16.5. The van der Waals surface area contributed by atoms with Gasteiger partial charge in [0.15, 0.2) is 0 Å². The molecular formula is C16H18O. The van der Waals surface area contributed by atoms with Crippen LogP contribution in [0, 0.1) is 6.92 Å². The second kappa shape index (κ2) is 5.53. The normalized spacial score (nSPS) is 12.1. The molecule has 0 spiro atoms. The molecule has 17 heavy (non-hydrogen) atoms. The molecule has 88 valence electrons. The molecule has 0 saturated carbocycles. The number of aryl methyl sites for hydroxylation is 1. The van der Waals surface area contributed by atoms with Crippen LogP contribution in [0.4, 0.5) is 0 Å². The Morgan fingerprint density at radius 3 is 2.24 bits per heavy atom. The minimum atomic E-state index is 0.413. The minimum Gasteiger partial charge on any atom is -0.493 e. The van der Waals surface area contributed by atoms with Crippen LogP contribution in [0.15, 0.2) is 54.6 Å². The van der Waals surface area contributed by atoms with E-state index in [4.69, 9.17) is 4.74 Å². The van der Waals surface area contributed by atoms with Gasteiger partial charge in [-0.1, -0.05) is 55.0 Å². The summed E-state index contributed by atoms with van der Waals surface area (Å²) in [6, 6.07) is 18.6. The van der Waals surface area contributed by atoms with Gasteiger partial charge in [0.25, 0.3) is 0 Å². The van der Waals surface area contributed by atoms with Crippen LogP contribution in [0.25, 0.3) is 0 Å². The maximum Gasteiger partial charge on any atom is 0.119 e. The van der Waals surface area contributed by atoms with Gasteiger partial charge in [0, 0.05) is 5.92 Å². The fourth-order valence-corrected chi connectivity index (χ4v) is 1.73. The van der Waals surface area contributed by atoms with Crippen molar-refractivity contribution in [2.45, 2.75) is 19.8 Å². The van der Waals surface area contributed by atoms with E-state index in [1.54, 1.807) is 0 Å². The van der Waals surface area contributed by atoms with Gasteiger partial charge in [0.05, 0.1) is 6.61 Å². The maximum absolute atomic E-state index is 5.75. The summed E-state index contributed by atoms with van der Waals surface area (Å²) >= 11 is 0. The zero-order valence-electron chi connectivity index (χ0n) is 10.4. The molecule has 0 saturated heterocycles. The SMILES string of the molecule is Cc1ccc(C(C)COc2ccccc2)cc1. The number of benzene rings is 2. The Morgan fingerprint density at radius 1 is 0.941 bits per heavy atom. The summed E-state index contributed by atoms with van der Waals surface area (Å²) in [7, 11) is 0. The molecule has 1 atom stereocenters. The Balaban J connectivity index is 1.93. The Morgan fingerprint density at radius 2 is 1.59 bits per heavy atom. The van der Waals surface area contributed by atoms with Gasteiger partial charge in [-0.2, -0.15) is 0 Å². The lowest BCUT2D eigenvalue weighted by Crippen LogP contribution is -2.06. The van der Waals surface area contributed by atoms with E-state index < -0.39 is 0 Å². The van der Waals surface area contributed by atoms with Gasteiger partial charge >= 0.3 is 0 Å². The first-order chi connectivity index (χ1) is 8.25. The van der Waals surface area contributed by atoms with Crippen molar-refractivity contribution >= 4 is 0 Å². The summed E-state index contributed by atoms with van der Waals surface area (Å²) in [5.41, 5.74) is 2.62. The zero-order valence-corrected chi connectivity index (χ0v) is 10.4. The minimum absolute atomic E-state index is 0.413. The summed E-state index contributed by atoms with van der Waals surface area (Å²) in [4.78, 5) is 0. The van der Waals surface area contributed by atoms with Crippen molar-refractivity contribution in [3.63, 3.8) is 0 Å². The molecule has 1 unspecified atom stereocenters. The molecule has 2 aromatic rings. The van der Waals surface area contributed by atoms with Crippen molar-refractivity contribution in [2.75, 3.05) is 6.61 Å². The smallest absolute Gasteiger partial charge is 0.119 e. The average molecular weight is 226 g/mol. The fourth-order valence-electron chi connectivity index (χ4n) is 1.73.